The number of furan rings is 1. The van der Waals surface area contributed by atoms with Gasteiger partial charge in [-0.25, -0.2) is 9.48 Å². The Balaban J connectivity index is 1.96. The van der Waals surface area contributed by atoms with E-state index in [4.69, 9.17) is 9.15 Å². The Bertz CT molecular complexity index is 1080. The maximum absolute atomic E-state index is 12.8. The lowest BCUT2D eigenvalue weighted by molar-refractivity contribution is 0.0524. The maximum atomic E-state index is 12.8. The first-order chi connectivity index (χ1) is 13.8. The lowest BCUT2D eigenvalue weighted by Crippen LogP contribution is -2.17. The van der Waals surface area contributed by atoms with Crippen molar-refractivity contribution in [3.05, 3.63) is 64.7 Å². The summed E-state index contributed by atoms with van der Waals surface area (Å²) in [5, 5.41) is 6.84. The number of hydrogen-bond donors (Lipinski definition) is 1. The molecule has 0 saturated carbocycles. The number of para-hydroxylation sites is 1. The first-order valence-electron chi connectivity index (χ1n) is 9.08. The van der Waals surface area contributed by atoms with Gasteiger partial charge in [-0.15, -0.1) is 0 Å². The smallest absolute Gasteiger partial charge is 0.344 e. The van der Waals surface area contributed by atoms with Crippen molar-refractivity contribution in [2.45, 2.75) is 27.7 Å². The maximum Gasteiger partial charge on any atom is 0.344 e. The van der Waals surface area contributed by atoms with Gasteiger partial charge in [-0.2, -0.15) is 5.10 Å². The van der Waals surface area contributed by atoms with Crippen molar-refractivity contribution in [1.82, 2.24) is 9.78 Å². The summed E-state index contributed by atoms with van der Waals surface area (Å²) in [6.45, 7) is 6.40. The van der Waals surface area contributed by atoms with Crippen molar-refractivity contribution < 1.29 is 23.5 Å². The Labute approximate surface area is 167 Å². The zero-order valence-electron chi connectivity index (χ0n) is 16.6. The molecule has 8 nitrogen and oxygen atoms in total. The van der Waals surface area contributed by atoms with Crippen LogP contribution < -0.4 is 5.32 Å². The minimum atomic E-state index is -0.735. The van der Waals surface area contributed by atoms with E-state index < -0.39 is 11.9 Å². The van der Waals surface area contributed by atoms with Gasteiger partial charge in [-0.1, -0.05) is 18.2 Å². The molecule has 1 aromatic carbocycles. The second-order valence-electron chi connectivity index (χ2n) is 6.36. The molecular formula is C21H21N3O5. The van der Waals surface area contributed by atoms with E-state index in [0.717, 1.165) is 5.69 Å². The number of rotatable bonds is 6. The van der Waals surface area contributed by atoms with Gasteiger partial charge in [0.15, 0.2) is 5.78 Å². The normalized spacial score (nSPS) is 10.6. The van der Waals surface area contributed by atoms with Crippen LogP contribution in [0.1, 0.15) is 56.4 Å². The second kappa shape index (κ2) is 8.14. The third kappa shape index (κ3) is 3.82. The van der Waals surface area contributed by atoms with Gasteiger partial charge >= 0.3 is 5.97 Å². The van der Waals surface area contributed by atoms with E-state index in [1.807, 2.05) is 30.3 Å². The monoisotopic (exact) mass is 395 g/mol. The number of nitrogens with one attached hydrogen (secondary N) is 1. The molecule has 0 radical (unpaired) electrons. The minimum Gasteiger partial charge on any atom is -0.462 e. The molecule has 29 heavy (non-hydrogen) atoms. The highest BCUT2D eigenvalue weighted by Crippen LogP contribution is 2.29. The Morgan fingerprint density at radius 1 is 1.14 bits per heavy atom. The fourth-order valence-corrected chi connectivity index (χ4v) is 3.09. The zero-order valence-corrected chi connectivity index (χ0v) is 16.6. The van der Waals surface area contributed by atoms with E-state index in [1.165, 1.54) is 13.1 Å². The number of carbonyl (C=O) groups is 3. The third-order valence-corrected chi connectivity index (χ3v) is 4.40. The number of anilines is 1. The summed E-state index contributed by atoms with van der Waals surface area (Å²) in [6, 6.07) is 9.37. The van der Waals surface area contributed by atoms with Crippen molar-refractivity contribution in [2.75, 3.05) is 11.9 Å². The van der Waals surface area contributed by atoms with Crippen LogP contribution in [-0.4, -0.2) is 34.0 Å². The number of Topliss-reactive ketones (excluding diaryl/α,β-unsaturated/α-hetero) is 1. The zero-order chi connectivity index (χ0) is 21.1. The number of ketones is 1. The molecule has 0 fully saturated rings. The van der Waals surface area contributed by atoms with Gasteiger partial charge < -0.3 is 9.15 Å². The molecule has 0 aliphatic carbocycles. The van der Waals surface area contributed by atoms with Crippen molar-refractivity contribution in [1.29, 1.82) is 0 Å². The fraction of sp³-hybridized carbons (Fsp3) is 0.238. The number of amides is 1. The number of ether oxygens (including phenoxy) is 1. The highest BCUT2D eigenvalue weighted by molar-refractivity contribution is 6.12. The second-order valence-corrected chi connectivity index (χ2v) is 6.36. The number of aryl methyl sites for hydroxylation is 1. The van der Waals surface area contributed by atoms with E-state index in [1.54, 1.807) is 25.5 Å². The Morgan fingerprint density at radius 3 is 2.45 bits per heavy atom. The van der Waals surface area contributed by atoms with Gasteiger partial charge in [-0.3, -0.25) is 14.9 Å². The molecule has 150 valence electrons. The van der Waals surface area contributed by atoms with Gasteiger partial charge in [0.25, 0.3) is 5.91 Å². The molecule has 0 spiro atoms. The number of aromatic nitrogens is 2. The van der Waals surface area contributed by atoms with E-state index in [-0.39, 0.29) is 35.2 Å². The Hall–Kier alpha value is -3.68. The van der Waals surface area contributed by atoms with Gasteiger partial charge in [0.2, 0.25) is 5.88 Å². The van der Waals surface area contributed by atoms with E-state index in [0.29, 0.717) is 11.3 Å². The molecular weight excluding hydrogens is 374 g/mol. The number of esters is 1. The molecule has 0 aliphatic rings. The Morgan fingerprint density at radius 2 is 1.83 bits per heavy atom. The topological polar surface area (TPSA) is 103 Å². The van der Waals surface area contributed by atoms with Crippen LogP contribution in [-0.2, 0) is 4.74 Å². The SMILES string of the molecule is CCOC(=O)c1c(NC(=O)c2cnn(-c3ccccc3)c2C)oc(C)c1C(C)=O. The average Bonchev–Trinajstić information content (AvgIpc) is 3.22. The minimum absolute atomic E-state index is 0.0849. The lowest BCUT2D eigenvalue weighted by atomic mass is 10.1. The van der Waals surface area contributed by atoms with Gasteiger partial charge in [-0.05, 0) is 39.8 Å². The Kier molecular flexibility index (Phi) is 5.63. The molecule has 0 saturated heterocycles. The molecule has 1 amide bonds. The molecule has 8 heteroatoms. The summed E-state index contributed by atoms with van der Waals surface area (Å²) in [5.41, 5.74) is 1.74. The van der Waals surface area contributed by atoms with Crippen LogP contribution in [0, 0.1) is 13.8 Å². The number of nitrogens with zero attached hydrogens (tertiary/aromatic N) is 2. The number of hydrogen-bond acceptors (Lipinski definition) is 6. The quantitative estimate of drug-likeness (QED) is 0.504. The number of benzene rings is 1. The summed E-state index contributed by atoms with van der Waals surface area (Å²) in [4.78, 5) is 37.2. The van der Waals surface area contributed by atoms with Crippen LogP contribution in [0.2, 0.25) is 0 Å². The van der Waals surface area contributed by atoms with Crippen LogP contribution in [0.4, 0.5) is 5.88 Å². The van der Waals surface area contributed by atoms with E-state index >= 15 is 0 Å². The van der Waals surface area contributed by atoms with Gasteiger partial charge in [0, 0.05) is 0 Å². The van der Waals surface area contributed by atoms with Gasteiger partial charge in [0.1, 0.15) is 11.3 Å². The largest absolute Gasteiger partial charge is 0.462 e. The molecule has 0 bridgehead atoms. The average molecular weight is 395 g/mol. The third-order valence-electron chi connectivity index (χ3n) is 4.40. The first kappa shape index (κ1) is 20.1. The van der Waals surface area contributed by atoms with Crippen molar-refractivity contribution in [2.24, 2.45) is 0 Å². The molecule has 2 aromatic heterocycles. The summed E-state index contributed by atoms with van der Waals surface area (Å²) in [6.07, 6.45) is 1.43. The van der Waals surface area contributed by atoms with Gasteiger partial charge in [0.05, 0.1) is 35.3 Å². The predicted molar refractivity (Wildman–Crippen MR) is 106 cm³/mol. The molecule has 1 N–H and O–H groups in total. The van der Waals surface area contributed by atoms with Crippen LogP contribution in [0.5, 0.6) is 0 Å². The standard InChI is InChI=1S/C21H21N3O5/c1-5-28-21(27)18-17(13(3)25)14(4)29-20(18)23-19(26)16-11-22-24(12(16)2)15-9-7-6-8-10-15/h6-11H,5H2,1-4H3,(H,23,26). The fourth-order valence-electron chi connectivity index (χ4n) is 3.09. The molecule has 0 aliphatic heterocycles. The van der Waals surface area contributed by atoms with E-state index in [9.17, 15) is 14.4 Å². The van der Waals surface area contributed by atoms with E-state index in [2.05, 4.69) is 10.4 Å². The summed E-state index contributed by atoms with van der Waals surface area (Å²) in [5.74, 6) is -1.50. The first-order valence-corrected chi connectivity index (χ1v) is 9.08. The predicted octanol–water partition coefficient (Wildman–Crippen LogP) is 3.71. The summed E-state index contributed by atoms with van der Waals surface area (Å²) in [7, 11) is 0. The number of carbonyl (C=O) groups excluding carboxylic acids is 3. The molecule has 3 aromatic rings. The van der Waals surface area contributed by atoms with Crippen LogP contribution in [0.15, 0.2) is 40.9 Å². The highest BCUT2D eigenvalue weighted by Gasteiger charge is 2.29. The molecule has 0 atom stereocenters. The van der Waals surface area contributed by atoms with Crippen molar-refractivity contribution in [3.63, 3.8) is 0 Å². The highest BCUT2D eigenvalue weighted by atomic mass is 16.5. The van der Waals surface area contributed by atoms with Crippen LogP contribution >= 0.6 is 0 Å². The molecule has 2 heterocycles. The molecule has 0 unspecified atom stereocenters. The summed E-state index contributed by atoms with van der Waals surface area (Å²) >= 11 is 0. The van der Waals surface area contributed by atoms with Crippen molar-refractivity contribution in [3.8, 4) is 5.69 Å². The molecule has 3 rings (SSSR count). The van der Waals surface area contributed by atoms with Crippen LogP contribution in [0.25, 0.3) is 5.69 Å². The lowest BCUT2D eigenvalue weighted by Gasteiger charge is -2.07. The van der Waals surface area contributed by atoms with Crippen molar-refractivity contribution >= 4 is 23.5 Å². The summed E-state index contributed by atoms with van der Waals surface area (Å²) < 4.78 is 12.2. The van der Waals surface area contributed by atoms with Crippen LogP contribution in [0.3, 0.4) is 0 Å².